The molecule has 1 aliphatic heterocycles. The third-order valence-electron chi connectivity index (χ3n) is 4.73. The molecule has 1 unspecified atom stereocenters. The van der Waals surface area contributed by atoms with Crippen LogP contribution >= 0.6 is 0 Å². The van der Waals surface area contributed by atoms with Crippen molar-refractivity contribution in [3.63, 3.8) is 0 Å². The number of benzene rings is 3. The standard InChI is InChI=1S/C21H20N2O3/c1-25-16-10-19(24)21(20(11-16)26-2)18-12-17(22-23-18)15-8-7-13-5-3-4-6-14(13)9-15/h3-11,17,22,24H,12H2,1-2H3. The molecule has 26 heavy (non-hydrogen) atoms. The molecule has 0 saturated carbocycles. The van der Waals surface area contributed by atoms with Gasteiger partial charge in [-0.05, 0) is 22.4 Å². The average Bonchev–Trinajstić information content (AvgIpc) is 3.16. The van der Waals surface area contributed by atoms with Gasteiger partial charge in [-0.25, -0.2) is 0 Å². The fraction of sp³-hybridized carbons (Fsp3) is 0.190. The van der Waals surface area contributed by atoms with Crippen LogP contribution in [0.2, 0.25) is 0 Å². The second-order valence-corrected chi connectivity index (χ2v) is 6.27. The Balaban J connectivity index is 1.64. The molecule has 0 bridgehead atoms. The maximum absolute atomic E-state index is 10.4. The lowest BCUT2D eigenvalue weighted by molar-refractivity contribution is 0.384. The van der Waals surface area contributed by atoms with Crippen molar-refractivity contribution in [1.82, 2.24) is 5.43 Å². The summed E-state index contributed by atoms with van der Waals surface area (Å²) < 4.78 is 10.6. The molecule has 5 nitrogen and oxygen atoms in total. The van der Waals surface area contributed by atoms with E-state index in [-0.39, 0.29) is 11.8 Å². The van der Waals surface area contributed by atoms with Crippen LogP contribution in [0.4, 0.5) is 0 Å². The number of fused-ring (bicyclic) bond motifs is 1. The van der Waals surface area contributed by atoms with Gasteiger partial charge in [-0.2, -0.15) is 5.10 Å². The number of hydrogen-bond donors (Lipinski definition) is 2. The molecular weight excluding hydrogens is 328 g/mol. The average molecular weight is 348 g/mol. The van der Waals surface area contributed by atoms with Crippen LogP contribution in [-0.4, -0.2) is 25.0 Å². The Morgan fingerprint density at radius 3 is 2.58 bits per heavy atom. The molecular formula is C21H20N2O3. The number of aromatic hydroxyl groups is 1. The number of rotatable bonds is 4. The van der Waals surface area contributed by atoms with Crippen LogP contribution in [-0.2, 0) is 0 Å². The molecule has 4 rings (SSSR count). The molecule has 0 aromatic heterocycles. The molecule has 0 aliphatic carbocycles. The van der Waals surface area contributed by atoms with E-state index in [0.29, 0.717) is 23.5 Å². The minimum Gasteiger partial charge on any atom is -0.507 e. The molecule has 1 heterocycles. The quantitative estimate of drug-likeness (QED) is 0.748. The summed E-state index contributed by atoms with van der Waals surface area (Å²) in [5, 5.41) is 17.3. The van der Waals surface area contributed by atoms with Gasteiger partial charge in [-0.3, -0.25) is 0 Å². The van der Waals surface area contributed by atoms with Gasteiger partial charge in [0, 0.05) is 18.6 Å². The Hall–Kier alpha value is -3.21. The highest BCUT2D eigenvalue weighted by atomic mass is 16.5. The van der Waals surface area contributed by atoms with Crippen molar-refractivity contribution in [1.29, 1.82) is 0 Å². The number of methoxy groups -OCH3 is 2. The number of phenols is 1. The second-order valence-electron chi connectivity index (χ2n) is 6.27. The normalized spacial score (nSPS) is 16.2. The molecule has 132 valence electrons. The van der Waals surface area contributed by atoms with Crippen LogP contribution < -0.4 is 14.9 Å². The molecule has 1 aliphatic rings. The van der Waals surface area contributed by atoms with E-state index >= 15 is 0 Å². The van der Waals surface area contributed by atoms with E-state index in [0.717, 1.165) is 11.3 Å². The van der Waals surface area contributed by atoms with Crippen LogP contribution in [0.25, 0.3) is 10.8 Å². The predicted octanol–water partition coefficient (Wildman–Crippen LogP) is 4.00. The molecule has 0 saturated heterocycles. The van der Waals surface area contributed by atoms with E-state index in [1.165, 1.54) is 10.8 Å². The highest BCUT2D eigenvalue weighted by molar-refractivity contribution is 6.06. The molecule has 0 radical (unpaired) electrons. The van der Waals surface area contributed by atoms with Crippen LogP contribution in [0.5, 0.6) is 17.2 Å². The molecule has 0 spiro atoms. The molecule has 2 N–H and O–H groups in total. The van der Waals surface area contributed by atoms with Crippen molar-refractivity contribution < 1.29 is 14.6 Å². The summed E-state index contributed by atoms with van der Waals surface area (Å²) >= 11 is 0. The Kier molecular flexibility index (Phi) is 4.13. The van der Waals surface area contributed by atoms with E-state index in [1.807, 2.05) is 12.1 Å². The monoisotopic (exact) mass is 348 g/mol. The summed E-state index contributed by atoms with van der Waals surface area (Å²) in [6, 6.07) is 18.1. The van der Waals surface area contributed by atoms with Crippen LogP contribution in [0.15, 0.2) is 59.7 Å². The molecule has 3 aromatic rings. The van der Waals surface area contributed by atoms with Gasteiger partial charge < -0.3 is 20.0 Å². The van der Waals surface area contributed by atoms with E-state index in [1.54, 1.807) is 26.4 Å². The minimum absolute atomic E-state index is 0.0563. The number of nitrogens with one attached hydrogen (secondary N) is 1. The van der Waals surface area contributed by atoms with Gasteiger partial charge in [0.2, 0.25) is 0 Å². The number of hydrazone groups is 1. The van der Waals surface area contributed by atoms with Gasteiger partial charge in [0.1, 0.15) is 17.2 Å². The first kappa shape index (κ1) is 16.3. The SMILES string of the molecule is COc1cc(O)c(C2=NNC(c3ccc4ccccc4c3)C2)c(OC)c1. The lowest BCUT2D eigenvalue weighted by Crippen LogP contribution is -2.10. The summed E-state index contributed by atoms with van der Waals surface area (Å²) in [6.07, 6.45) is 0.661. The number of ether oxygens (including phenoxy) is 2. The van der Waals surface area contributed by atoms with E-state index in [2.05, 4.69) is 40.9 Å². The van der Waals surface area contributed by atoms with Crippen molar-refractivity contribution in [3.8, 4) is 17.2 Å². The third kappa shape index (κ3) is 2.81. The van der Waals surface area contributed by atoms with Crippen LogP contribution in [0, 0.1) is 0 Å². The smallest absolute Gasteiger partial charge is 0.135 e. The summed E-state index contributed by atoms with van der Waals surface area (Å²) in [5.41, 5.74) is 5.71. The van der Waals surface area contributed by atoms with Crippen molar-refractivity contribution in [2.45, 2.75) is 12.5 Å². The van der Waals surface area contributed by atoms with Gasteiger partial charge >= 0.3 is 0 Å². The van der Waals surface area contributed by atoms with Gasteiger partial charge in [0.25, 0.3) is 0 Å². The zero-order chi connectivity index (χ0) is 18.1. The summed E-state index contributed by atoms with van der Waals surface area (Å²) in [6.45, 7) is 0. The number of phenolic OH excluding ortho intramolecular Hbond substituents is 1. The topological polar surface area (TPSA) is 63.1 Å². The maximum atomic E-state index is 10.4. The largest absolute Gasteiger partial charge is 0.507 e. The van der Waals surface area contributed by atoms with Crippen molar-refractivity contribution in [2.24, 2.45) is 5.10 Å². The first-order valence-corrected chi connectivity index (χ1v) is 8.45. The van der Waals surface area contributed by atoms with Crippen LogP contribution in [0.1, 0.15) is 23.6 Å². The Morgan fingerprint density at radius 1 is 1.00 bits per heavy atom. The summed E-state index contributed by atoms with van der Waals surface area (Å²) in [7, 11) is 3.12. The predicted molar refractivity (Wildman–Crippen MR) is 102 cm³/mol. The first-order valence-electron chi connectivity index (χ1n) is 8.45. The molecule has 1 atom stereocenters. The van der Waals surface area contributed by atoms with Crippen molar-refractivity contribution in [3.05, 3.63) is 65.7 Å². The van der Waals surface area contributed by atoms with Crippen molar-refractivity contribution >= 4 is 16.5 Å². The van der Waals surface area contributed by atoms with Crippen molar-refractivity contribution in [2.75, 3.05) is 14.2 Å². The molecule has 5 heteroatoms. The number of hydrogen-bond acceptors (Lipinski definition) is 5. The first-order chi connectivity index (χ1) is 12.7. The van der Waals surface area contributed by atoms with Gasteiger partial charge in [-0.1, -0.05) is 36.4 Å². The lowest BCUT2D eigenvalue weighted by Gasteiger charge is -2.13. The third-order valence-corrected chi connectivity index (χ3v) is 4.73. The molecule has 3 aromatic carbocycles. The lowest BCUT2D eigenvalue weighted by atomic mass is 9.96. The van der Waals surface area contributed by atoms with E-state index in [9.17, 15) is 5.11 Å². The minimum atomic E-state index is 0.0563. The maximum Gasteiger partial charge on any atom is 0.135 e. The second kappa shape index (κ2) is 6.59. The zero-order valence-corrected chi connectivity index (χ0v) is 14.7. The Bertz CT molecular complexity index is 998. The highest BCUT2D eigenvalue weighted by Gasteiger charge is 2.26. The van der Waals surface area contributed by atoms with Crippen LogP contribution in [0.3, 0.4) is 0 Å². The molecule has 0 fully saturated rings. The Morgan fingerprint density at radius 2 is 1.81 bits per heavy atom. The fourth-order valence-electron chi connectivity index (χ4n) is 3.36. The summed E-state index contributed by atoms with van der Waals surface area (Å²) in [5.74, 6) is 1.18. The Labute approximate surface area is 151 Å². The fourth-order valence-corrected chi connectivity index (χ4v) is 3.36. The summed E-state index contributed by atoms with van der Waals surface area (Å²) in [4.78, 5) is 0. The number of nitrogens with zero attached hydrogens (tertiary/aromatic N) is 1. The van der Waals surface area contributed by atoms with E-state index < -0.39 is 0 Å². The molecule has 0 amide bonds. The van der Waals surface area contributed by atoms with Gasteiger partial charge in [0.15, 0.2) is 0 Å². The van der Waals surface area contributed by atoms with Gasteiger partial charge in [0.05, 0.1) is 31.5 Å². The zero-order valence-electron chi connectivity index (χ0n) is 14.7. The highest BCUT2D eigenvalue weighted by Crippen LogP contribution is 2.37. The van der Waals surface area contributed by atoms with Gasteiger partial charge in [-0.15, -0.1) is 0 Å². The van der Waals surface area contributed by atoms with E-state index in [4.69, 9.17) is 9.47 Å².